The topological polar surface area (TPSA) is 93.1 Å². The molecule has 0 saturated carbocycles. The van der Waals surface area contributed by atoms with E-state index in [1.54, 1.807) is 13.8 Å². The van der Waals surface area contributed by atoms with Crippen LogP contribution < -0.4 is 4.74 Å². The van der Waals surface area contributed by atoms with E-state index in [0.29, 0.717) is 19.8 Å². The fourth-order valence-corrected chi connectivity index (χ4v) is 4.09. The number of carbonyl (C=O) groups is 1. The van der Waals surface area contributed by atoms with Crippen molar-refractivity contribution in [2.45, 2.75) is 31.2 Å². The first-order chi connectivity index (χ1) is 11.7. The summed E-state index contributed by atoms with van der Waals surface area (Å²) in [6.07, 6.45) is 0.840. The second kappa shape index (κ2) is 8.11. The summed E-state index contributed by atoms with van der Waals surface area (Å²) in [5.74, 6) is -1.94. The van der Waals surface area contributed by atoms with E-state index in [4.69, 9.17) is 14.6 Å². The molecule has 140 valence electrons. The fraction of sp³-hybridized carbons (Fsp3) is 0.562. The molecule has 1 aromatic rings. The molecule has 7 nitrogen and oxygen atoms in total. The number of benzene rings is 1. The van der Waals surface area contributed by atoms with Crippen LogP contribution in [0.3, 0.4) is 0 Å². The Bertz CT molecular complexity index is 715. The van der Waals surface area contributed by atoms with Gasteiger partial charge in [0.25, 0.3) is 0 Å². The third-order valence-electron chi connectivity index (χ3n) is 3.88. The van der Waals surface area contributed by atoms with Gasteiger partial charge in [0.2, 0.25) is 10.0 Å². The minimum atomic E-state index is -4.13. The molecule has 1 aromatic carbocycles. The molecule has 1 heterocycles. The maximum atomic E-state index is 14.2. The quantitative estimate of drug-likeness (QED) is 0.744. The SMILES string of the molecule is CC(C)N(CC(=O)O)S(=O)(=O)c1ccc(OCC2CCOC2)c(F)c1. The van der Waals surface area contributed by atoms with Crippen molar-refractivity contribution in [3.63, 3.8) is 0 Å². The Morgan fingerprint density at radius 3 is 2.72 bits per heavy atom. The molecule has 0 aromatic heterocycles. The number of hydrogen-bond donors (Lipinski definition) is 1. The van der Waals surface area contributed by atoms with Gasteiger partial charge in [0.15, 0.2) is 11.6 Å². The van der Waals surface area contributed by atoms with Crippen LogP contribution in [0.15, 0.2) is 23.1 Å². The second-order valence-electron chi connectivity index (χ2n) is 6.17. The van der Waals surface area contributed by atoms with Crippen LogP contribution in [0.1, 0.15) is 20.3 Å². The summed E-state index contributed by atoms with van der Waals surface area (Å²) >= 11 is 0. The monoisotopic (exact) mass is 375 g/mol. The molecular weight excluding hydrogens is 353 g/mol. The summed E-state index contributed by atoms with van der Waals surface area (Å²) in [5.41, 5.74) is 0. The van der Waals surface area contributed by atoms with Gasteiger partial charge < -0.3 is 14.6 Å². The molecular formula is C16H22FNO6S. The highest BCUT2D eigenvalue weighted by Gasteiger charge is 2.30. The Morgan fingerprint density at radius 1 is 1.48 bits per heavy atom. The number of rotatable bonds is 8. The van der Waals surface area contributed by atoms with Gasteiger partial charge in [-0.15, -0.1) is 0 Å². The van der Waals surface area contributed by atoms with E-state index in [-0.39, 0.29) is 16.6 Å². The van der Waals surface area contributed by atoms with Gasteiger partial charge in [-0.1, -0.05) is 0 Å². The van der Waals surface area contributed by atoms with Crippen molar-refractivity contribution >= 4 is 16.0 Å². The van der Waals surface area contributed by atoms with E-state index in [0.717, 1.165) is 16.8 Å². The lowest BCUT2D eigenvalue weighted by molar-refractivity contribution is -0.137. The maximum Gasteiger partial charge on any atom is 0.318 e. The summed E-state index contributed by atoms with van der Waals surface area (Å²) in [5, 5.41) is 8.91. The average molecular weight is 375 g/mol. The zero-order valence-corrected chi connectivity index (χ0v) is 15.0. The normalized spacial score (nSPS) is 18.0. The van der Waals surface area contributed by atoms with E-state index < -0.39 is 34.4 Å². The van der Waals surface area contributed by atoms with Gasteiger partial charge in [-0.25, -0.2) is 12.8 Å². The van der Waals surface area contributed by atoms with Crippen LogP contribution in [-0.2, 0) is 19.6 Å². The van der Waals surface area contributed by atoms with Gasteiger partial charge in [0.05, 0.1) is 18.1 Å². The summed E-state index contributed by atoms with van der Waals surface area (Å²) in [6, 6.07) is 2.74. The lowest BCUT2D eigenvalue weighted by Crippen LogP contribution is -2.40. The Hall–Kier alpha value is -1.71. The zero-order chi connectivity index (χ0) is 18.6. The van der Waals surface area contributed by atoms with Crippen molar-refractivity contribution in [1.29, 1.82) is 0 Å². The molecule has 1 saturated heterocycles. The lowest BCUT2D eigenvalue weighted by atomic mass is 10.1. The number of sulfonamides is 1. The molecule has 0 spiro atoms. The highest BCUT2D eigenvalue weighted by Crippen LogP contribution is 2.25. The van der Waals surface area contributed by atoms with Crippen molar-refractivity contribution in [3.05, 3.63) is 24.0 Å². The van der Waals surface area contributed by atoms with Gasteiger partial charge in [0, 0.05) is 18.6 Å². The predicted molar refractivity (Wildman–Crippen MR) is 87.5 cm³/mol. The molecule has 9 heteroatoms. The Balaban J connectivity index is 2.17. The predicted octanol–water partition coefficient (Wildman–Crippen LogP) is 1.72. The Morgan fingerprint density at radius 2 is 2.20 bits per heavy atom. The number of halogens is 1. The minimum absolute atomic E-state index is 0.0415. The van der Waals surface area contributed by atoms with Gasteiger partial charge in [-0.3, -0.25) is 4.79 Å². The third-order valence-corrected chi connectivity index (χ3v) is 5.89. The first kappa shape index (κ1) is 19.6. The summed E-state index contributed by atoms with van der Waals surface area (Å²) in [7, 11) is -4.13. The number of carboxylic acids is 1. The minimum Gasteiger partial charge on any atom is -0.490 e. The molecule has 0 radical (unpaired) electrons. The molecule has 1 atom stereocenters. The van der Waals surface area contributed by atoms with Crippen molar-refractivity contribution in [2.24, 2.45) is 5.92 Å². The second-order valence-corrected chi connectivity index (χ2v) is 8.06. The molecule has 1 aliphatic rings. The smallest absolute Gasteiger partial charge is 0.318 e. The summed E-state index contributed by atoms with van der Waals surface area (Å²) in [4.78, 5) is 10.6. The van der Waals surface area contributed by atoms with Crippen molar-refractivity contribution in [1.82, 2.24) is 4.31 Å². The largest absolute Gasteiger partial charge is 0.490 e. The van der Waals surface area contributed by atoms with Crippen molar-refractivity contribution in [3.8, 4) is 5.75 Å². The molecule has 25 heavy (non-hydrogen) atoms. The van der Waals surface area contributed by atoms with E-state index in [1.165, 1.54) is 12.1 Å². The van der Waals surface area contributed by atoms with Crippen molar-refractivity contribution < 1.29 is 32.2 Å². The highest BCUT2D eigenvalue weighted by molar-refractivity contribution is 7.89. The zero-order valence-electron chi connectivity index (χ0n) is 14.1. The van der Waals surface area contributed by atoms with Crippen LogP contribution in [-0.4, -0.2) is 56.2 Å². The van der Waals surface area contributed by atoms with Gasteiger partial charge in [-0.2, -0.15) is 4.31 Å². The first-order valence-corrected chi connectivity index (χ1v) is 9.39. The lowest BCUT2D eigenvalue weighted by Gasteiger charge is -2.24. The first-order valence-electron chi connectivity index (χ1n) is 7.95. The molecule has 1 aliphatic heterocycles. The van der Waals surface area contributed by atoms with Crippen LogP contribution in [0.25, 0.3) is 0 Å². The number of carboxylic acid groups (broad SMARTS) is 1. The van der Waals surface area contributed by atoms with Crippen molar-refractivity contribution in [2.75, 3.05) is 26.4 Å². The van der Waals surface area contributed by atoms with E-state index >= 15 is 0 Å². The highest BCUT2D eigenvalue weighted by atomic mass is 32.2. The Labute approximate surface area is 146 Å². The molecule has 0 bridgehead atoms. The maximum absolute atomic E-state index is 14.2. The number of hydrogen-bond acceptors (Lipinski definition) is 5. The van der Waals surface area contributed by atoms with Crippen LogP contribution in [0.4, 0.5) is 4.39 Å². The number of aliphatic carboxylic acids is 1. The van der Waals surface area contributed by atoms with E-state index in [9.17, 15) is 17.6 Å². The molecule has 1 N–H and O–H groups in total. The third kappa shape index (κ3) is 4.90. The molecule has 1 fully saturated rings. The van der Waals surface area contributed by atoms with Crippen LogP contribution in [0, 0.1) is 11.7 Å². The number of nitrogens with zero attached hydrogens (tertiary/aromatic N) is 1. The van der Waals surface area contributed by atoms with Gasteiger partial charge in [-0.05, 0) is 38.5 Å². The number of ether oxygens (including phenoxy) is 2. The van der Waals surface area contributed by atoms with Crippen LogP contribution in [0.2, 0.25) is 0 Å². The van der Waals surface area contributed by atoms with Gasteiger partial charge in [0.1, 0.15) is 6.54 Å². The summed E-state index contributed by atoms with van der Waals surface area (Å²) < 4.78 is 50.8. The average Bonchev–Trinajstić information content (AvgIpc) is 3.04. The molecule has 0 aliphatic carbocycles. The Kier molecular flexibility index (Phi) is 6.36. The van der Waals surface area contributed by atoms with E-state index in [2.05, 4.69) is 0 Å². The fourth-order valence-electron chi connectivity index (χ4n) is 2.50. The van der Waals surface area contributed by atoms with Crippen LogP contribution in [0.5, 0.6) is 5.75 Å². The molecule has 2 rings (SSSR count). The van der Waals surface area contributed by atoms with Gasteiger partial charge >= 0.3 is 5.97 Å². The van der Waals surface area contributed by atoms with E-state index in [1.807, 2.05) is 0 Å². The summed E-state index contributed by atoms with van der Waals surface area (Å²) in [6.45, 7) is 3.92. The standard InChI is InChI=1S/C16H22FNO6S/c1-11(2)18(8-16(19)20)25(21,22)13-3-4-15(14(17)7-13)24-10-12-5-6-23-9-12/h3-4,7,11-12H,5-6,8-10H2,1-2H3,(H,19,20). The van der Waals surface area contributed by atoms with Crippen LogP contribution >= 0.6 is 0 Å². The molecule has 1 unspecified atom stereocenters. The molecule has 0 amide bonds.